The second kappa shape index (κ2) is 12.1. The molecule has 0 amide bonds. The molecule has 2 aromatic heterocycles. The predicted octanol–water partition coefficient (Wildman–Crippen LogP) is 2.31. The highest BCUT2D eigenvalue weighted by Gasteiger charge is 2.27. The van der Waals surface area contributed by atoms with Gasteiger partial charge in [-0.2, -0.15) is 0 Å². The summed E-state index contributed by atoms with van der Waals surface area (Å²) in [5, 5.41) is 15.1. The molecule has 4 rings (SSSR count). The highest BCUT2D eigenvalue weighted by atomic mass is 19.1. The molecule has 0 spiro atoms. The van der Waals surface area contributed by atoms with Crippen molar-refractivity contribution in [2.24, 2.45) is 5.73 Å². The number of nitrogens with zero attached hydrogens (tertiary/aromatic N) is 4. The molecule has 13 nitrogen and oxygen atoms in total. The van der Waals surface area contributed by atoms with Crippen LogP contribution in [0, 0.1) is 11.2 Å². The molecule has 40 heavy (non-hydrogen) atoms. The quantitative estimate of drug-likeness (QED) is 0.123. The lowest BCUT2D eigenvalue weighted by Gasteiger charge is -2.21. The van der Waals surface area contributed by atoms with E-state index in [-0.39, 0.29) is 41.3 Å². The van der Waals surface area contributed by atoms with Gasteiger partial charge >= 0.3 is 11.7 Å². The largest absolute Gasteiger partial charge is 0.497 e. The smallest absolute Gasteiger partial charge is 0.350 e. The van der Waals surface area contributed by atoms with E-state index in [9.17, 15) is 9.59 Å². The van der Waals surface area contributed by atoms with Crippen molar-refractivity contribution in [1.29, 1.82) is 5.41 Å². The van der Waals surface area contributed by atoms with Gasteiger partial charge in [-0.1, -0.05) is 0 Å². The van der Waals surface area contributed by atoms with E-state index in [4.69, 9.17) is 25.4 Å². The predicted molar refractivity (Wildman–Crippen MR) is 142 cm³/mol. The third kappa shape index (κ3) is 6.40. The van der Waals surface area contributed by atoms with Crippen LogP contribution < -0.4 is 26.2 Å². The van der Waals surface area contributed by atoms with E-state index in [1.54, 1.807) is 37.3 Å². The number of methoxy groups -OCH3 is 1. The van der Waals surface area contributed by atoms with Crippen LogP contribution in [0.15, 0.2) is 59.7 Å². The molecule has 5 N–H and O–H groups in total. The zero-order valence-corrected chi connectivity index (χ0v) is 21.8. The summed E-state index contributed by atoms with van der Waals surface area (Å²) in [5.74, 6) is -1.21. The van der Waals surface area contributed by atoms with Crippen LogP contribution in [0.25, 0.3) is 5.95 Å². The van der Waals surface area contributed by atoms with Gasteiger partial charge in [0.2, 0.25) is 0 Å². The average molecular weight is 551 g/mol. The number of aromatic amines is 1. The molecule has 0 aliphatic heterocycles. The van der Waals surface area contributed by atoms with Gasteiger partial charge in [0.05, 0.1) is 7.11 Å². The maximum Gasteiger partial charge on any atom is 0.350 e. The minimum absolute atomic E-state index is 0.0224. The molecule has 0 bridgehead atoms. The van der Waals surface area contributed by atoms with Crippen molar-refractivity contribution < 1.29 is 23.4 Å². The summed E-state index contributed by atoms with van der Waals surface area (Å²) in [7, 11) is 1.41. The summed E-state index contributed by atoms with van der Waals surface area (Å²) < 4.78 is 33.1. The van der Waals surface area contributed by atoms with Crippen LogP contribution in [0.2, 0.25) is 0 Å². The lowest BCUT2D eigenvalue weighted by Crippen LogP contribution is -2.21. The first kappa shape index (κ1) is 27.8. The fraction of sp³-hybridized carbons (Fsp3) is 0.231. The van der Waals surface area contributed by atoms with Crippen LogP contribution in [0.4, 0.5) is 10.1 Å². The van der Waals surface area contributed by atoms with Crippen LogP contribution >= 0.6 is 0 Å². The van der Waals surface area contributed by atoms with E-state index < -0.39 is 29.6 Å². The zero-order chi connectivity index (χ0) is 28.8. The van der Waals surface area contributed by atoms with Crippen molar-refractivity contribution >= 4 is 17.5 Å². The van der Waals surface area contributed by atoms with Crippen LogP contribution in [0.5, 0.6) is 11.5 Å². The van der Waals surface area contributed by atoms with Gasteiger partial charge in [0.15, 0.2) is 17.4 Å². The molecule has 0 saturated carbocycles. The molecule has 0 radical (unpaired) electrons. The Hall–Kier alpha value is -5.27. The van der Waals surface area contributed by atoms with Crippen LogP contribution in [0.3, 0.4) is 0 Å². The van der Waals surface area contributed by atoms with Crippen molar-refractivity contribution in [2.45, 2.75) is 26.0 Å². The van der Waals surface area contributed by atoms with Gasteiger partial charge < -0.3 is 25.3 Å². The molecule has 2 heterocycles. The number of aromatic nitrogens is 5. The minimum atomic E-state index is -1.07. The third-order valence-electron chi connectivity index (χ3n) is 5.59. The average Bonchev–Trinajstić information content (AvgIpc) is 3.32. The van der Waals surface area contributed by atoms with E-state index in [2.05, 4.69) is 25.4 Å². The number of nitrogens with two attached hydrogens (primary N) is 1. The molecule has 0 aliphatic carbocycles. The number of carbonyl (C=O) groups is 1. The molecule has 0 aliphatic rings. The zero-order valence-electron chi connectivity index (χ0n) is 21.8. The van der Waals surface area contributed by atoms with Gasteiger partial charge in [-0.3, -0.25) is 15.2 Å². The van der Waals surface area contributed by atoms with Crippen LogP contribution in [-0.4, -0.2) is 56.4 Å². The molecule has 14 heteroatoms. The Balaban J connectivity index is 1.79. The number of amidine groups is 1. The van der Waals surface area contributed by atoms with E-state index in [0.717, 1.165) is 4.68 Å². The summed E-state index contributed by atoms with van der Waals surface area (Å²) in [6.07, 6.45) is 2.27. The number of esters is 1. The first-order chi connectivity index (χ1) is 19.2. The Labute approximate surface area is 227 Å². The molecule has 208 valence electrons. The number of benzene rings is 2. The van der Waals surface area contributed by atoms with Gasteiger partial charge in [-0.05, 0) is 43.3 Å². The highest BCUT2D eigenvalue weighted by molar-refractivity contribution is 5.95. The molecule has 2 aromatic carbocycles. The molecule has 4 aromatic rings. The maximum absolute atomic E-state index is 16.0. The van der Waals surface area contributed by atoms with E-state index in [0.29, 0.717) is 11.3 Å². The molecule has 0 fully saturated rings. The molecule has 0 saturated heterocycles. The van der Waals surface area contributed by atoms with Gasteiger partial charge in [0.25, 0.3) is 5.95 Å². The second-order valence-electron chi connectivity index (χ2n) is 8.60. The van der Waals surface area contributed by atoms with Crippen LogP contribution in [-0.2, 0) is 9.53 Å². The molecular weight excluding hydrogens is 523 g/mol. The first-order valence-corrected chi connectivity index (χ1v) is 12.0. The molecular formula is C26H27FN8O5. The van der Waals surface area contributed by atoms with Gasteiger partial charge in [0.1, 0.15) is 30.3 Å². The number of H-pyrrole nitrogens is 1. The van der Waals surface area contributed by atoms with E-state index >= 15 is 4.39 Å². The third-order valence-corrected chi connectivity index (χ3v) is 5.59. The number of rotatable bonds is 11. The Kier molecular flexibility index (Phi) is 8.37. The topological polar surface area (TPSA) is 183 Å². The summed E-state index contributed by atoms with van der Waals surface area (Å²) in [5.41, 5.74) is 5.95. The first-order valence-electron chi connectivity index (χ1n) is 12.0. The number of hydrogen-bond acceptors (Lipinski definition) is 10. The lowest BCUT2D eigenvalue weighted by molar-refractivity contribution is -0.146. The fourth-order valence-corrected chi connectivity index (χ4v) is 3.76. The Morgan fingerprint density at radius 2 is 1.93 bits per heavy atom. The number of ether oxygens (including phenoxy) is 3. The summed E-state index contributed by atoms with van der Waals surface area (Å²) in [6, 6.07) is 9.86. The van der Waals surface area contributed by atoms with Crippen molar-refractivity contribution in [3.8, 4) is 17.4 Å². The minimum Gasteiger partial charge on any atom is -0.497 e. The monoisotopic (exact) mass is 550 g/mol. The number of nitrogen functional groups attached to an aromatic ring is 1. The van der Waals surface area contributed by atoms with E-state index in [1.165, 1.54) is 38.6 Å². The van der Waals surface area contributed by atoms with Gasteiger partial charge in [-0.15, -0.1) is 9.78 Å². The highest BCUT2D eigenvalue weighted by Crippen LogP contribution is 2.35. The SMILES string of the molecule is COc1cc(OC[C@H](C)OC(C)=O)c(F)c(C(Nc2ccc(C(=N)N)cc2)c2nn(-c3ncccn3)c(=O)[nH]2)c1. The number of halogens is 1. The summed E-state index contributed by atoms with van der Waals surface area (Å²) >= 11 is 0. The number of anilines is 1. The maximum atomic E-state index is 16.0. The standard InChI is InChI=1S/C26H27FN8O5/c1-14(40-15(2)36)13-39-20-12-18(38-3)11-19(21(20)27)22(32-17-7-5-16(6-8-17)23(28)29)24-33-26(37)35(34-24)25-30-9-4-10-31-25/h4-12,14,22,32H,13H2,1-3H3,(H3,28,29)(H,33,34,37)/t14-,22?/m0/s1. The van der Waals surface area contributed by atoms with Gasteiger partial charge in [0, 0.05) is 42.2 Å². The summed E-state index contributed by atoms with van der Waals surface area (Å²) in [6.45, 7) is 2.75. The van der Waals surface area contributed by atoms with Crippen molar-refractivity contribution in [3.63, 3.8) is 0 Å². The Bertz CT molecular complexity index is 1560. The lowest BCUT2D eigenvalue weighted by atomic mass is 10.0. The van der Waals surface area contributed by atoms with Crippen molar-refractivity contribution in [1.82, 2.24) is 24.7 Å². The van der Waals surface area contributed by atoms with Crippen molar-refractivity contribution in [2.75, 3.05) is 19.0 Å². The number of carbonyl (C=O) groups excluding carboxylic acids is 1. The second-order valence-corrected chi connectivity index (χ2v) is 8.60. The number of hydrogen-bond donors (Lipinski definition) is 4. The molecule has 2 atom stereocenters. The van der Waals surface area contributed by atoms with Crippen molar-refractivity contribution in [3.05, 3.63) is 88.1 Å². The Morgan fingerprint density at radius 1 is 1.23 bits per heavy atom. The number of nitrogens with one attached hydrogen (secondary N) is 3. The Morgan fingerprint density at radius 3 is 2.55 bits per heavy atom. The van der Waals surface area contributed by atoms with Gasteiger partial charge in [-0.25, -0.2) is 19.2 Å². The van der Waals surface area contributed by atoms with E-state index in [1.807, 2.05) is 0 Å². The van der Waals surface area contributed by atoms with Crippen LogP contribution in [0.1, 0.15) is 36.8 Å². The fourth-order valence-electron chi connectivity index (χ4n) is 3.76. The normalized spacial score (nSPS) is 12.3. The molecule has 1 unspecified atom stereocenters. The summed E-state index contributed by atoms with van der Waals surface area (Å²) in [4.78, 5) is 34.8.